The molecule has 85 heavy (non-hydrogen) atoms. The fourth-order valence-electron chi connectivity index (χ4n) is 17.4. The number of fused-ring (bicyclic) bond motifs is 16. The predicted octanol–water partition coefficient (Wildman–Crippen LogP) is 22.3. The molecule has 0 saturated carbocycles. The van der Waals surface area contributed by atoms with Gasteiger partial charge in [-0.05, 0) is 210 Å². The molecule has 0 aliphatic heterocycles. The lowest BCUT2D eigenvalue weighted by Gasteiger charge is -2.39. The smallest absolute Gasteiger partial charge is 0.0937 e. The monoisotopic (exact) mass is 1120 g/mol. The van der Waals surface area contributed by atoms with Crippen LogP contribution in [0.4, 0.5) is 11.4 Å². The fraction of sp³-hybridized carbons (Fsp3) is 0.432. The van der Waals surface area contributed by atoms with Crippen molar-refractivity contribution in [2.24, 2.45) is 23.7 Å². The average molecular weight is 1130 g/mol. The number of nitrogens with two attached hydrogens (primary N) is 2. The Morgan fingerprint density at radius 3 is 0.918 bits per heavy atom. The number of unbranched alkanes of at least 4 members (excludes halogenated alkanes) is 4. The zero-order valence-electron chi connectivity index (χ0n) is 52.9. The highest BCUT2D eigenvalue weighted by atomic mass is 14.8. The molecule has 12 rings (SSSR count). The third kappa shape index (κ3) is 9.98. The first-order valence-corrected chi connectivity index (χ1v) is 33.8. The minimum Gasteiger partial charge on any atom is -0.399 e. The van der Waals surface area contributed by atoms with Crippen LogP contribution in [0.1, 0.15) is 228 Å². The maximum Gasteiger partial charge on any atom is 0.0937 e. The molecule has 440 valence electrons. The Bertz CT molecular complexity index is 3430. The first-order valence-electron chi connectivity index (χ1n) is 33.8. The van der Waals surface area contributed by atoms with E-state index in [0.717, 1.165) is 48.4 Å². The molecular formula is C81H96N4. The molecule has 2 heterocycles. The standard InChI is InChI=1S/C81H96N4/c1-9-17-23-53(13-5)49-79(50-54(14-6)24-18-10-2)71-43-57(29-35-63(71)65-39-33-61(82)47-73(65)79)59-31-37-67-68-38-32-60(46-76(68)81(75(67)45-59)69-27-21-41-84-77(69)78-70(81)28-22-42-85-78)58-30-36-64-66-40-34-62(83)48-74(66)80(72(64)44-58,51-55(15-7)25-19-11-3)52-56(16-8)26-20-12-4/h21-22,27-48,53-56H,9-20,23-26,49-52,82-83H2,1-8H3. The van der Waals surface area contributed by atoms with E-state index >= 15 is 0 Å². The van der Waals surface area contributed by atoms with Crippen LogP contribution in [0, 0.1) is 23.7 Å². The van der Waals surface area contributed by atoms with E-state index in [4.69, 9.17) is 21.4 Å². The number of nitrogens with zero attached hydrogens (tertiary/aromatic N) is 2. The second-order valence-corrected chi connectivity index (χ2v) is 26.8. The lowest BCUT2D eigenvalue weighted by atomic mass is 9.65. The lowest BCUT2D eigenvalue weighted by Crippen LogP contribution is -2.31. The first kappa shape index (κ1) is 58.6. The summed E-state index contributed by atoms with van der Waals surface area (Å²) in [6.07, 6.45) is 28.3. The normalized spacial score (nSPS) is 18.4. The zero-order chi connectivity index (χ0) is 59.0. The molecular weight excluding hydrogens is 1030 g/mol. The van der Waals surface area contributed by atoms with E-state index in [-0.39, 0.29) is 10.8 Å². The van der Waals surface area contributed by atoms with Crippen LogP contribution >= 0.6 is 0 Å². The molecule has 0 fully saturated rings. The van der Waals surface area contributed by atoms with E-state index in [2.05, 4.69) is 189 Å². The maximum absolute atomic E-state index is 6.86. The zero-order valence-corrected chi connectivity index (χ0v) is 52.9. The van der Waals surface area contributed by atoms with Crippen LogP contribution in [0.2, 0.25) is 0 Å². The van der Waals surface area contributed by atoms with Crippen molar-refractivity contribution < 1.29 is 0 Å². The van der Waals surface area contributed by atoms with Crippen LogP contribution in [0.5, 0.6) is 0 Å². The molecule has 8 aromatic rings. The van der Waals surface area contributed by atoms with Crippen molar-refractivity contribution >= 4 is 11.4 Å². The van der Waals surface area contributed by atoms with Crippen LogP contribution in [-0.2, 0) is 16.2 Å². The highest BCUT2D eigenvalue weighted by Crippen LogP contribution is 2.64. The van der Waals surface area contributed by atoms with E-state index in [1.807, 2.05) is 12.4 Å². The van der Waals surface area contributed by atoms with Crippen LogP contribution in [0.15, 0.2) is 146 Å². The van der Waals surface area contributed by atoms with Gasteiger partial charge >= 0.3 is 0 Å². The number of hydrogen-bond acceptors (Lipinski definition) is 4. The highest BCUT2D eigenvalue weighted by Gasteiger charge is 2.54. The third-order valence-corrected chi connectivity index (χ3v) is 21.9. The van der Waals surface area contributed by atoms with Crippen molar-refractivity contribution in [2.75, 3.05) is 11.5 Å². The number of rotatable bonds is 26. The van der Waals surface area contributed by atoms with Gasteiger partial charge in [0, 0.05) is 34.6 Å². The Balaban J connectivity index is 1.03. The molecule has 4 N–H and O–H groups in total. The van der Waals surface area contributed by atoms with E-state index in [9.17, 15) is 0 Å². The highest BCUT2D eigenvalue weighted by molar-refractivity contribution is 5.96. The number of aromatic nitrogens is 2. The Hall–Kier alpha value is -6.78. The summed E-state index contributed by atoms with van der Waals surface area (Å²) in [5.74, 6) is 2.51. The van der Waals surface area contributed by atoms with Crippen molar-refractivity contribution in [3.8, 4) is 67.0 Å². The summed E-state index contributed by atoms with van der Waals surface area (Å²) in [6, 6.07) is 52.6. The van der Waals surface area contributed by atoms with E-state index < -0.39 is 5.41 Å². The Kier molecular flexibility index (Phi) is 16.9. The van der Waals surface area contributed by atoms with E-state index in [1.165, 1.54) is 203 Å². The summed E-state index contributed by atoms with van der Waals surface area (Å²) >= 11 is 0. The second kappa shape index (κ2) is 24.5. The van der Waals surface area contributed by atoms with Crippen LogP contribution in [0.3, 0.4) is 0 Å². The van der Waals surface area contributed by atoms with Crippen LogP contribution < -0.4 is 11.5 Å². The molecule has 0 bridgehead atoms. The van der Waals surface area contributed by atoms with Crippen molar-refractivity contribution in [3.05, 3.63) is 190 Å². The van der Waals surface area contributed by atoms with Gasteiger partial charge < -0.3 is 11.5 Å². The average Bonchev–Trinajstić information content (AvgIpc) is 1.55. The summed E-state index contributed by atoms with van der Waals surface area (Å²) in [6.45, 7) is 19.1. The van der Waals surface area contributed by atoms with Gasteiger partial charge in [-0.25, -0.2) is 0 Å². The summed E-state index contributed by atoms with van der Waals surface area (Å²) < 4.78 is 0. The van der Waals surface area contributed by atoms with Gasteiger partial charge in [-0.3, -0.25) is 9.97 Å². The Morgan fingerprint density at radius 1 is 0.329 bits per heavy atom. The van der Waals surface area contributed by atoms with Gasteiger partial charge in [0.05, 0.1) is 16.8 Å². The summed E-state index contributed by atoms with van der Waals surface area (Å²) in [7, 11) is 0. The minimum atomic E-state index is -0.630. The van der Waals surface area contributed by atoms with Gasteiger partial charge in [0.15, 0.2) is 0 Å². The Morgan fingerprint density at radius 2 is 0.612 bits per heavy atom. The fourth-order valence-corrected chi connectivity index (χ4v) is 17.4. The molecule has 2 aromatic heterocycles. The SMILES string of the molecule is CCCCC(CC)CC1(CC(CC)CCCC)c2cc(N)ccc2-c2ccc(-c3ccc4c(c3)C3(c5cc(-c6ccc7c(c6)C(CC(CC)CCCC)(CC(CC)CCCC)c6cc(N)ccc6-7)ccc5-4)c4cccnc4-c4ncccc43)cc21. The molecule has 4 aliphatic rings. The van der Waals surface area contributed by atoms with E-state index in [0.29, 0.717) is 23.7 Å². The third-order valence-electron chi connectivity index (χ3n) is 21.9. The number of nitrogen functional groups attached to an aromatic ring is 2. The maximum atomic E-state index is 6.86. The second-order valence-electron chi connectivity index (χ2n) is 26.8. The molecule has 4 atom stereocenters. The van der Waals surface area contributed by atoms with Gasteiger partial charge in [0.1, 0.15) is 0 Å². The largest absolute Gasteiger partial charge is 0.399 e. The van der Waals surface area contributed by atoms with Crippen molar-refractivity contribution in [1.82, 2.24) is 9.97 Å². The molecule has 0 saturated heterocycles. The molecule has 6 aromatic carbocycles. The predicted molar refractivity (Wildman–Crippen MR) is 362 cm³/mol. The van der Waals surface area contributed by atoms with Crippen molar-refractivity contribution in [1.29, 1.82) is 0 Å². The molecule has 4 aliphatic carbocycles. The molecule has 4 nitrogen and oxygen atoms in total. The van der Waals surface area contributed by atoms with Gasteiger partial charge in [0.25, 0.3) is 0 Å². The van der Waals surface area contributed by atoms with Gasteiger partial charge in [-0.1, -0.05) is 231 Å². The van der Waals surface area contributed by atoms with Gasteiger partial charge in [-0.2, -0.15) is 0 Å². The van der Waals surface area contributed by atoms with E-state index in [1.54, 1.807) is 0 Å². The minimum absolute atomic E-state index is 0.128. The van der Waals surface area contributed by atoms with Gasteiger partial charge in [-0.15, -0.1) is 0 Å². The number of anilines is 2. The first-order chi connectivity index (χ1) is 41.5. The number of benzene rings is 6. The van der Waals surface area contributed by atoms with Crippen LogP contribution in [0.25, 0.3) is 67.0 Å². The number of pyridine rings is 2. The molecule has 0 amide bonds. The molecule has 4 heteroatoms. The van der Waals surface area contributed by atoms with Gasteiger partial charge in [0.2, 0.25) is 0 Å². The lowest BCUT2D eigenvalue weighted by molar-refractivity contribution is 0.266. The topological polar surface area (TPSA) is 77.8 Å². The van der Waals surface area contributed by atoms with Crippen LogP contribution in [-0.4, -0.2) is 9.97 Å². The molecule has 1 spiro atoms. The Labute approximate surface area is 511 Å². The molecule has 4 unspecified atom stereocenters. The summed E-state index contributed by atoms with van der Waals surface area (Å²) in [5.41, 5.74) is 40.7. The quantitative estimate of drug-likeness (QED) is 0.0530. The van der Waals surface area contributed by atoms with Crippen molar-refractivity contribution in [3.63, 3.8) is 0 Å². The summed E-state index contributed by atoms with van der Waals surface area (Å²) in [5, 5.41) is 0. The molecule has 0 radical (unpaired) electrons. The van der Waals surface area contributed by atoms with Crippen molar-refractivity contribution in [2.45, 2.75) is 200 Å². The number of hydrogen-bond donors (Lipinski definition) is 2. The summed E-state index contributed by atoms with van der Waals surface area (Å²) in [4.78, 5) is 10.4.